The Morgan fingerprint density at radius 2 is 1.93 bits per heavy atom. The summed E-state index contributed by atoms with van der Waals surface area (Å²) in [7, 11) is 0. The zero-order chi connectivity index (χ0) is 20.5. The highest BCUT2D eigenvalue weighted by Crippen LogP contribution is 2.32. The number of rotatable bonds is 4. The molecule has 0 bridgehead atoms. The van der Waals surface area contributed by atoms with Crippen molar-refractivity contribution in [2.45, 2.75) is 6.42 Å². The lowest BCUT2D eigenvalue weighted by Crippen LogP contribution is -2.36. The highest BCUT2D eigenvalue weighted by molar-refractivity contribution is 7.22. The van der Waals surface area contributed by atoms with E-state index < -0.39 is 0 Å². The van der Waals surface area contributed by atoms with Crippen molar-refractivity contribution >= 4 is 49.9 Å². The molecule has 1 atom stereocenters. The lowest BCUT2D eigenvalue weighted by molar-refractivity contribution is -0.122. The Morgan fingerprint density at radius 3 is 2.73 bits per heavy atom. The third-order valence-corrected chi connectivity index (χ3v) is 6.57. The minimum atomic E-state index is -0.362. The number of carbonyl (C=O) groups is 2. The number of aromatic nitrogens is 1. The van der Waals surface area contributed by atoms with Gasteiger partial charge in [0.05, 0.1) is 29.3 Å². The first-order valence-corrected chi connectivity index (χ1v) is 10.9. The molecule has 2 amide bonds. The molecule has 2 aromatic carbocycles. The van der Waals surface area contributed by atoms with E-state index in [2.05, 4.69) is 10.2 Å². The first-order valence-electron chi connectivity index (χ1n) is 10.1. The van der Waals surface area contributed by atoms with Crippen LogP contribution in [0, 0.1) is 5.92 Å². The fourth-order valence-corrected chi connectivity index (χ4v) is 4.92. The van der Waals surface area contributed by atoms with E-state index in [1.165, 1.54) is 0 Å². The molecule has 154 valence electrons. The summed E-state index contributed by atoms with van der Waals surface area (Å²) >= 11 is 1.62. The van der Waals surface area contributed by atoms with E-state index in [1.807, 2.05) is 48.5 Å². The minimum Gasteiger partial charge on any atom is -0.378 e. The van der Waals surface area contributed by atoms with Gasteiger partial charge in [-0.25, -0.2) is 4.98 Å². The Kier molecular flexibility index (Phi) is 5.10. The van der Waals surface area contributed by atoms with Gasteiger partial charge in [0, 0.05) is 37.4 Å². The normalized spacial score (nSPS) is 19.5. The summed E-state index contributed by atoms with van der Waals surface area (Å²) in [5.74, 6) is -0.507. The summed E-state index contributed by atoms with van der Waals surface area (Å²) in [4.78, 5) is 33.8. The van der Waals surface area contributed by atoms with Crippen LogP contribution in [0.2, 0.25) is 0 Å². The number of hydrogen-bond acceptors (Lipinski definition) is 6. The van der Waals surface area contributed by atoms with Crippen molar-refractivity contribution in [3.8, 4) is 0 Å². The second-order valence-electron chi connectivity index (χ2n) is 7.51. The number of benzene rings is 2. The van der Waals surface area contributed by atoms with Crippen molar-refractivity contribution in [1.29, 1.82) is 0 Å². The molecule has 30 heavy (non-hydrogen) atoms. The third kappa shape index (κ3) is 3.76. The largest absolute Gasteiger partial charge is 0.378 e. The number of nitrogens with one attached hydrogen (secondary N) is 1. The molecule has 5 rings (SSSR count). The van der Waals surface area contributed by atoms with Gasteiger partial charge in [0.25, 0.3) is 0 Å². The second-order valence-corrected chi connectivity index (χ2v) is 8.52. The van der Waals surface area contributed by atoms with Crippen LogP contribution in [0.3, 0.4) is 0 Å². The van der Waals surface area contributed by atoms with Crippen LogP contribution >= 0.6 is 11.3 Å². The molecule has 0 radical (unpaired) electrons. The Labute approximate surface area is 178 Å². The maximum atomic E-state index is 12.8. The molecule has 1 unspecified atom stereocenters. The van der Waals surface area contributed by atoms with Gasteiger partial charge < -0.3 is 19.9 Å². The predicted molar refractivity (Wildman–Crippen MR) is 118 cm³/mol. The Balaban J connectivity index is 1.28. The van der Waals surface area contributed by atoms with Crippen LogP contribution in [0.25, 0.3) is 10.2 Å². The van der Waals surface area contributed by atoms with E-state index >= 15 is 0 Å². The lowest BCUT2D eigenvalue weighted by Gasteiger charge is -2.25. The van der Waals surface area contributed by atoms with Gasteiger partial charge in [-0.05, 0) is 30.3 Å². The molecule has 2 saturated heterocycles. The highest BCUT2D eigenvalue weighted by atomic mass is 32.1. The van der Waals surface area contributed by atoms with Crippen LogP contribution in [-0.4, -0.2) is 49.6 Å². The number of carbonyl (C=O) groups excluding carboxylic acids is 2. The average molecular weight is 423 g/mol. The van der Waals surface area contributed by atoms with Gasteiger partial charge in [0.1, 0.15) is 0 Å². The monoisotopic (exact) mass is 422 g/mol. The topological polar surface area (TPSA) is 74.8 Å². The molecule has 2 aliphatic heterocycles. The van der Waals surface area contributed by atoms with E-state index in [-0.39, 0.29) is 24.2 Å². The Bertz CT molecular complexity index is 1080. The predicted octanol–water partition coefficient (Wildman–Crippen LogP) is 3.12. The smallest absolute Gasteiger partial charge is 0.229 e. The second kappa shape index (κ2) is 8.04. The van der Waals surface area contributed by atoms with E-state index in [1.54, 1.807) is 16.2 Å². The van der Waals surface area contributed by atoms with E-state index in [0.717, 1.165) is 53.0 Å². The number of thiazole rings is 1. The number of ether oxygens (including phenoxy) is 1. The van der Waals surface area contributed by atoms with Gasteiger partial charge in [0.15, 0.2) is 5.13 Å². The molecule has 1 N–H and O–H groups in total. The molecule has 7 nitrogen and oxygen atoms in total. The molecular formula is C22H22N4O3S. The lowest BCUT2D eigenvalue weighted by atomic mass is 10.1. The SMILES string of the molecule is O=C(Nc1ccc2nc(N3CCOCC3)sc2c1)C1CC(=O)N(c2ccccc2)C1. The van der Waals surface area contributed by atoms with Crippen molar-refractivity contribution in [3.63, 3.8) is 0 Å². The van der Waals surface area contributed by atoms with Crippen molar-refractivity contribution in [2.24, 2.45) is 5.92 Å². The summed E-state index contributed by atoms with van der Waals surface area (Å²) in [6.45, 7) is 3.53. The molecule has 8 heteroatoms. The van der Waals surface area contributed by atoms with Gasteiger partial charge in [-0.2, -0.15) is 0 Å². The molecule has 0 aliphatic carbocycles. The quantitative estimate of drug-likeness (QED) is 0.699. The number of para-hydroxylation sites is 1. The van der Waals surface area contributed by atoms with Gasteiger partial charge in [-0.3, -0.25) is 9.59 Å². The fourth-order valence-electron chi connectivity index (χ4n) is 3.87. The number of amides is 2. The molecule has 3 heterocycles. The van der Waals surface area contributed by atoms with Crippen molar-refractivity contribution in [1.82, 2.24) is 4.98 Å². The van der Waals surface area contributed by atoms with Crippen LogP contribution in [-0.2, 0) is 14.3 Å². The molecule has 2 fully saturated rings. The molecule has 3 aromatic rings. The number of hydrogen-bond donors (Lipinski definition) is 1. The summed E-state index contributed by atoms with van der Waals surface area (Å²) in [6, 6.07) is 15.2. The number of anilines is 3. The number of fused-ring (bicyclic) bond motifs is 1. The van der Waals surface area contributed by atoms with Gasteiger partial charge >= 0.3 is 0 Å². The maximum Gasteiger partial charge on any atom is 0.229 e. The Hall–Kier alpha value is -2.97. The van der Waals surface area contributed by atoms with Gasteiger partial charge in [-0.1, -0.05) is 29.5 Å². The summed E-state index contributed by atoms with van der Waals surface area (Å²) in [6.07, 6.45) is 0.227. The van der Waals surface area contributed by atoms with Gasteiger partial charge in [0.2, 0.25) is 11.8 Å². The first-order chi connectivity index (χ1) is 14.7. The first kappa shape index (κ1) is 19.0. The summed E-state index contributed by atoms with van der Waals surface area (Å²) in [5, 5.41) is 3.97. The third-order valence-electron chi connectivity index (χ3n) is 5.49. The zero-order valence-electron chi connectivity index (χ0n) is 16.4. The van der Waals surface area contributed by atoms with Crippen LogP contribution in [0.15, 0.2) is 48.5 Å². The van der Waals surface area contributed by atoms with Crippen LogP contribution in [0.4, 0.5) is 16.5 Å². The van der Waals surface area contributed by atoms with Crippen LogP contribution in [0.5, 0.6) is 0 Å². The summed E-state index contributed by atoms with van der Waals surface area (Å²) < 4.78 is 6.44. The zero-order valence-corrected chi connectivity index (χ0v) is 17.2. The maximum absolute atomic E-state index is 12.8. The van der Waals surface area contributed by atoms with E-state index in [4.69, 9.17) is 9.72 Å². The van der Waals surface area contributed by atoms with E-state index in [0.29, 0.717) is 6.54 Å². The van der Waals surface area contributed by atoms with Crippen molar-refractivity contribution < 1.29 is 14.3 Å². The van der Waals surface area contributed by atoms with Crippen molar-refractivity contribution in [3.05, 3.63) is 48.5 Å². The molecule has 2 aliphatic rings. The molecule has 0 saturated carbocycles. The van der Waals surface area contributed by atoms with Gasteiger partial charge in [-0.15, -0.1) is 0 Å². The minimum absolute atomic E-state index is 0.0191. The highest BCUT2D eigenvalue weighted by Gasteiger charge is 2.35. The molecule has 0 spiro atoms. The van der Waals surface area contributed by atoms with Crippen LogP contribution < -0.4 is 15.1 Å². The standard InChI is InChI=1S/C22H22N4O3S/c27-20-12-15(14-26(20)17-4-2-1-3-5-17)21(28)23-16-6-7-18-19(13-16)30-22(24-18)25-8-10-29-11-9-25/h1-7,13,15H,8-12,14H2,(H,23,28). The Morgan fingerprint density at radius 1 is 1.13 bits per heavy atom. The number of morpholine rings is 1. The molecule has 1 aromatic heterocycles. The average Bonchev–Trinajstić information content (AvgIpc) is 3.38. The number of nitrogens with zero attached hydrogens (tertiary/aromatic N) is 3. The van der Waals surface area contributed by atoms with Crippen molar-refractivity contribution in [2.75, 3.05) is 48.0 Å². The van der Waals surface area contributed by atoms with Crippen LogP contribution in [0.1, 0.15) is 6.42 Å². The molecular weight excluding hydrogens is 400 g/mol. The fraction of sp³-hybridized carbons (Fsp3) is 0.318. The summed E-state index contributed by atoms with van der Waals surface area (Å²) in [5.41, 5.74) is 2.49. The van der Waals surface area contributed by atoms with E-state index in [9.17, 15) is 9.59 Å².